The monoisotopic (exact) mass is 664 g/mol. The first-order chi connectivity index (χ1) is 21.4. The molecule has 236 valence electrons. The maximum atomic E-state index is 14.0. The Morgan fingerprint density at radius 2 is 1.59 bits per heavy atom. The van der Waals surface area contributed by atoms with Crippen LogP contribution in [-0.2, 0) is 17.8 Å². The summed E-state index contributed by atoms with van der Waals surface area (Å²) in [7, 11) is 0. The quantitative estimate of drug-likeness (QED) is 0.435. The summed E-state index contributed by atoms with van der Waals surface area (Å²) in [6.45, 7) is 7.52. The summed E-state index contributed by atoms with van der Waals surface area (Å²) in [5.41, 5.74) is 4.12. The summed E-state index contributed by atoms with van der Waals surface area (Å²) in [6, 6.07) is 13.7. The van der Waals surface area contributed by atoms with Gasteiger partial charge in [-0.1, -0.05) is 52.7 Å². The number of benzene rings is 2. The molecule has 1 unspecified atom stereocenters. The number of fused-ring (bicyclic) bond motifs is 1. The van der Waals surface area contributed by atoms with Crippen molar-refractivity contribution in [3.63, 3.8) is 0 Å². The maximum absolute atomic E-state index is 14.0. The van der Waals surface area contributed by atoms with E-state index in [1.54, 1.807) is 0 Å². The summed E-state index contributed by atoms with van der Waals surface area (Å²) in [4.78, 5) is 48.7. The van der Waals surface area contributed by atoms with Gasteiger partial charge in [0.15, 0.2) is 0 Å². The zero-order valence-corrected chi connectivity index (χ0v) is 27.4. The van der Waals surface area contributed by atoms with Crippen LogP contribution in [0.2, 0.25) is 0 Å². The molecule has 9 nitrogen and oxygen atoms in total. The van der Waals surface area contributed by atoms with Crippen LogP contribution >= 0.6 is 15.9 Å². The molecule has 2 N–H and O–H groups in total. The van der Waals surface area contributed by atoms with Crippen molar-refractivity contribution in [2.24, 2.45) is 0 Å². The molecule has 4 aliphatic rings. The van der Waals surface area contributed by atoms with Crippen molar-refractivity contribution < 1.29 is 14.4 Å². The number of halogens is 1. The van der Waals surface area contributed by atoms with E-state index in [1.165, 1.54) is 32.4 Å². The fraction of sp³-hybridized carbons (Fsp3) is 0.559. The summed E-state index contributed by atoms with van der Waals surface area (Å²) < 4.78 is 1.03. The van der Waals surface area contributed by atoms with Crippen molar-refractivity contribution in [2.45, 2.75) is 83.0 Å². The maximum Gasteiger partial charge on any atom is 0.322 e. The minimum atomic E-state index is -0.628. The van der Waals surface area contributed by atoms with Crippen molar-refractivity contribution in [1.82, 2.24) is 24.9 Å². The lowest BCUT2D eigenvalue weighted by Crippen LogP contribution is -2.57. The van der Waals surface area contributed by atoms with Gasteiger partial charge in [-0.3, -0.25) is 4.79 Å². The Balaban J connectivity index is 1.08. The number of piperidine rings is 3. The van der Waals surface area contributed by atoms with Gasteiger partial charge in [-0.15, -0.1) is 0 Å². The lowest BCUT2D eigenvalue weighted by Gasteiger charge is -2.42. The predicted octanol–water partition coefficient (Wildman–Crippen LogP) is 5.37. The summed E-state index contributed by atoms with van der Waals surface area (Å²) >= 11 is 3.58. The molecule has 3 fully saturated rings. The Morgan fingerprint density at radius 3 is 2.32 bits per heavy atom. The molecular weight excluding hydrogens is 620 g/mol. The molecule has 5 amide bonds. The Bertz CT molecular complexity index is 1350. The second kappa shape index (κ2) is 13.9. The highest BCUT2D eigenvalue weighted by atomic mass is 79.9. The van der Waals surface area contributed by atoms with Gasteiger partial charge in [0.25, 0.3) is 0 Å². The number of amides is 5. The van der Waals surface area contributed by atoms with Crippen molar-refractivity contribution in [1.29, 1.82) is 0 Å². The zero-order chi connectivity index (χ0) is 30.6. The van der Waals surface area contributed by atoms with Gasteiger partial charge < -0.3 is 30.2 Å². The van der Waals surface area contributed by atoms with E-state index < -0.39 is 6.04 Å². The van der Waals surface area contributed by atoms with E-state index in [4.69, 9.17) is 0 Å². The van der Waals surface area contributed by atoms with Crippen LogP contribution in [-0.4, -0.2) is 95.0 Å². The topological polar surface area (TPSA) is 88.2 Å². The van der Waals surface area contributed by atoms with Crippen LogP contribution in [0.3, 0.4) is 0 Å². The number of likely N-dealkylation sites (tertiary alicyclic amines) is 3. The van der Waals surface area contributed by atoms with Crippen LogP contribution < -0.4 is 10.6 Å². The molecule has 0 saturated carbocycles. The largest absolute Gasteiger partial charge is 0.341 e. The predicted molar refractivity (Wildman–Crippen MR) is 176 cm³/mol. The second-order valence-electron chi connectivity index (χ2n) is 12.9. The second-order valence-corrected chi connectivity index (χ2v) is 13.7. The molecule has 4 aliphatic heterocycles. The third kappa shape index (κ3) is 7.07. The normalized spacial score (nSPS) is 21.0. The van der Waals surface area contributed by atoms with Gasteiger partial charge in [0.2, 0.25) is 5.91 Å². The number of hydrogen-bond acceptors (Lipinski definition) is 4. The first kappa shape index (κ1) is 30.9. The van der Waals surface area contributed by atoms with Crippen LogP contribution in [0, 0.1) is 6.92 Å². The molecule has 6 rings (SSSR count). The van der Waals surface area contributed by atoms with Crippen molar-refractivity contribution in [2.75, 3.05) is 44.6 Å². The number of carbonyl (C=O) groups excluding carboxylic acids is 3. The van der Waals surface area contributed by atoms with Crippen molar-refractivity contribution in [3.8, 4) is 0 Å². The van der Waals surface area contributed by atoms with Gasteiger partial charge in [0.05, 0.1) is 0 Å². The lowest BCUT2D eigenvalue weighted by molar-refractivity contribution is -0.134. The Kier molecular flexibility index (Phi) is 9.76. The number of hydrogen-bond donors (Lipinski definition) is 2. The number of para-hydroxylation sites is 1. The van der Waals surface area contributed by atoms with Crippen LogP contribution in [0.4, 0.5) is 15.3 Å². The van der Waals surface area contributed by atoms with Crippen LogP contribution in [0.15, 0.2) is 46.9 Å². The van der Waals surface area contributed by atoms with Crippen LogP contribution in [0.25, 0.3) is 0 Å². The number of urea groups is 2. The molecule has 0 aliphatic carbocycles. The van der Waals surface area contributed by atoms with Gasteiger partial charge in [-0.2, -0.15) is 0 Å². The highest BCUT2D eigenvalue weighted by Crippen LogP contribution is 2.28. The average Bonchev–Trinajstić information content (AvgIpc) is 3.06. The molecule has 4 heterocycles. The van der Waals surface area contributed by atoms with E-state index in [0.717, 1.165) is 52.8 Å². The highest BCUT2D eigenvalue weighted by molar-refractivity contribution is 9.10. The van der Waals surface area contributed by atoms with Crippen molar-refractivity contribution in [3.05, 3.63) is 63.6 Å². The molecular formula is C34H45BrN6O3. The fourth-order valence-electron chi connectivity index (χ4n) is 7.36. The molecule has 0 radical (unpaired) electrons. The summed E-state index contributed by atoms with van der Waals surface area (Å²) in [6.07, 6.45) is 7.72. The van der Waals surface area contributed by atoms with Gasteiger partial charge in [0.1, 0.15) is 6.04 Å². The number of aryl methyl sites for hydroxylation is 1. The first-order valence-corrected chi connectivity index (χ1v) is 17.1. The molecule has 0 aromatic heterocycles. The number of carbonyl (C=O) groups is 3. The third-order valence-electron chi connectivity index (χ3n) is 9.99. The van der Waals surface area contributed by atoms with Crippen LogP contribution in [0.1, 0.15) is 61.6 Å². The Morgan fingerprint density at radius 1 is 0.909 bits per heavy atom. The number of nitrogens with zero attached hydrogens (tertiary/aromatic N) is 4. The Hall–Kier alpha value is -3.11. The van der Waals surface area contributed by atoms with E-state index >= 15 is 0 Å². The molecule has 3 saturated heterocycles. The molecule has 2 aromatic rings. The summed E-state index contributed by atoms with van der Waals surface area (Å²) in [5.74, 6) is 0.00885. The zero-order valence-electron chi connectivity index (χ0n) is 25.8. The molecule has 10 heteroatoms. The molecule has 2 aromatic carbocycles. The molecule has 0 bridgehead atoms. The van der Waals surface area contributed by atoms with Crippen LogP contribution in [0.5, 0.6) is 0 Å². The SMILES string of the molecule is Cc1cc(CC(NC(=O)N2CCC(N3Cc4ccccc4NC3=O)CC2)C(=O)N2CCC(N3CCCCC3)CC2)ccc1Br. The fourth-order valence-corrected chi connectivity index (χ4v) is 7.61. The molecule has 0 spiro atoms. The smallest absolute Gasteiger partial charge is 0.322 e. The van der Waals surface area contributed by atoms with E-state index in [0.29, 0.717) is 44.9 Å². The van der Waals surface area contributed by atoms with Gasteiger partial charge in [-0.25, -0.2) is 9.59 Å². The van der Waals surface area contributed by atoms with E-state index in [-0.39, 0.29) is 24.0 Å². The third-order valence-corrected chi connectivity index (χ3v) is 10.9. The minimum Gasteiger partial charge on any atom is -0.341 e. The number of rotatable bonds is 6. The van der Waals surface area contributed by atoms with Gasteiger partial charge in [0, 0.05) is 61.4 Å². The van der Waals surface area contributed by atoms with E-state index in [9.17, 15) is 14.4 Å². The highest BCUT2D eigenvalue weighted by Gasteiger charge is 2.35. The minimum absolute atomic E-state index is 0.00885. The Labute approximate surface area is 269 Å². The standard InChI is InChI=1S/C34H45BrN6O3/c1-24-21-25(9-10-29(24)35)22-31(32(42)39-17-11-27(12-18-39)38-15-5-2-6-16-38)37-33(43)40-19-13-28(14-20-40)41-23-26-7-3-4-8-30(26)36-34(41)44/h3-4,7-10,21,27-28,31H,2,5-6,11-20,22-23H2,1H3,(H,36,44)(H,37,43). The lowest BCUT2D eigenvalue weighted by atomic mass is 9.98. The summed E-state index contributed by atoms with van der Waals surface area (Å²) in [5, 5.41) is 6.15. The molecule has 1 atom stereocenters. The number of anilines is 1. The average molecular weight is 666 g/mol. The van der Waals surface area contributed by atoms with Gasteiger partial charge >= 0.3 is 12.1 Å². The number of nitrogens with one attached hydrogen (secondary N) is 2. The van der Waals surface area contributed by atoms with Crippen molar-refractivity contribution >= 4 is 39.6 Å². The van der Waals surface area contributed by atoms with E-state index in [2.05, 4.69) is 37.5 Å². The van der Waals surface area contributed by atoms with E-state index in [1.807, 2.05) is 58.0 Å². The van der Waals surface area contributed by atoms with Gasteiger partial charge in [-0.05, 0) is 87.4 Å². The molecule has 44 heavy (non-hydrogen) atoms. The first-order valence-electron chi connectivity index (χ1n) is 16.3.